The number of rotatable bonds is 7. The first-order chi connectivity index (χ1) is 13.2. The second-order valence-electron chi connectivity index (χ2n) is 7.90. The van der Waals surface area contributed by atoms with Crippen LogP contribution in [-0.4, -0.2) is 66.0 Å². The summed E-state index contributed by atoms with van der Waals surface area (Å²) in [5.41, 5.74) is 1.21. The molecule has 5 nitrogen and oxygen atoms in total. The molecule has 2 aliphatic rings. The molecule has 0 aromatic carbocycles. The molecule has 0 bridgehead atoms. The Bertz CT molecular complexity index is 588. The number of hydrogen-bond acceptors (Lipinski definition) is 4. The molecule has 1 aromatic rings. The summed E-state index contributed by atoms with van der Waals surface area (Å²) < 4.78 is 0. The number of aryl methyl sites for hydroxylation is 1. The molecule has 1 aliphatic carbocycles. The van der Waals surface area contributed by atoms with Crippen molar-refractivity contribution >= 4 is 11.7 Å². The highest BCUT2D eigenvalue weighted by atomic mass is 16.2. The second-order valence-corrected chi connectivity index (χ2v) is 7.90. The Kier molecular flexibility index (Phi) is 7.50. The Morgan fingerprint density at radius 1 is 1.11 bits per heavy atom. The van der Waals surface area contributed by atoms with E-state index >= 15 is 0 Å². The van der Waals surface area contributed by atoms with E-state index in [4.69, 9.17) is 0 Å². The zero-order valence-corrected chi connectivity index (χ0v) is 17.2. The standard InChI is InChI=1S/C22H36N4O/c1-3-24(4-2)21-18-19(12-13-23-21)10-11-22(27)26-16-14-25(15-17-26)20-8-6-5-7-9-20/h12-13,18,20H,3-11,14-17H2,1-2H3. The fourth-order valence-electron chi connectivity index (χ4n) is 4.53. The van der Waals surface area contributed by atoms with E-state index in [2.05, 4.69) is 39.6 Å². The van der Waals surface area contributed by atoms with Gasteiger partial charge in [0.25, 0.3) is 0 Å². The van der Waals surface area contributed by atoms with Crippen LogP contribution in [0, 0.1) is 0 Å². The lowest BCUT2D eigenvalue weighted by Gasteiger charge is -2.40. The number of pyridine rings is 1. The van der Waals surface area contributed by atoms with Gasteiger partial charge >= 0.3 is 0 Å². The van der Waals surface area contributed by atoms with Gasteiger partial charge in [-0.15, -0.1) is 0 Å². The van der Waals surface area contributed by atoms with Gasteiger partial charge in [0, 0.05) is 57.9 Å². The van der Waals surface area contributed by atoms with E-state index in [1.165, 1.54) is 37.7 Å². The van der Waals surface area contributed by atoms with Gasteiger partial charge in [-0.2, -0.15) is 0 Å². The highest BCUT2D eigenvalue weighted by Crippen LogP contribution is 2.23. The van der Waals surface area contributed by atoms with Crippen molar-refractivity contribution in [1.29, 1.82) is 0 Å². The van der Waals surface area contributed by atoms with Crippen LogP contribution in [0.4, 0.5) is 5.82 Å². The summed E-state index contributed by atoms with van der Waals surface area (Å²) >= 11 is 0. The average molecular weight is 373 g/mol. The topological polar surface area (TPSA) is 39.7 Å². The lowest BCUT2D eigenvalue weighted by atomic mass is 9.94. The van der Waals surface area contributed by atoms with Crippen molar-refractivity contribution in [2.24, 2.45) is 0 Å². The quantitative estimate of drug-likeness (QED) is 0.736. The third-order valence-electron chi connectivity index (χ3n) is 6.28. The largest absolute Gasteiger partial charge is 0.357 e. The number of amides is 1. The highest BCUT2D eigenvalue weighted by Gasteiger charge is 2.26. The molecule has 1 amide bonds. The summed E-state index contributed by atoms with van der Waals surface area (Å²) in [6.45, 7) is 10.1. The molecular weight excluding hydrogens is 336 g/mol. The number of nitrogens with zero attached hydrogens (tertiary/aromatic N) is 4. The Hall–Kier alpha value is -1.62. The van der Waals surface area contributed by atoms with Gasteiger partial charge in [0.2, 0.25) is 5.91 Å². The molecule has 3 rings (SSSR count). The molecule has 0 radical (unpaired) electrons. The molecule has 1 saturated carbocycles. The summed E-state index contributed by atoms with van der Waals surface area (Å²) in [5.74, 6) is 1.32. The average Bonchev–Trinajstić information content (AvgIpc) is 2.74. The van der Waals surface area contributed by atoms with Gasteiger partial charge in [0.1, 0.15) is 5.82 Å². The Morgan fingerprint density at radius 3 is 2.48 bits per heavy atom. The number of piperazine rings is 1. The number of hydrogen-bond donors (Lipinski definition) is 0. The Morgan fingerprint density at radius 2 is 1.81 bits per heavy atom. The normalized spacial score (nSPS) is 19.3. The molecule has 27 heavy (non-hydrogen) atoms. The summed E-state index contributed by atoms with van der Waals surface area (Å²) in [6, 6.07) is 4.95. The summed E-state index contributed by atoms with van der Waals surface area (Å²) in [5, 5.41) is 0. The Labute approximate surface area is 164 Å². The lowest BCUT2D eigenvalue weighted by molar-refractivity contribution is -0.133. The van der Waals surface area contributed by atoms with Crippen LogP contribution in [0.5, 0.6) is 0 Å². The first-order valence-corrected chi connectivity index (χ1v) is 10.9. The molecule has 1 aliphatic heterocycles. The number of carbonyl (C=O) groups excluding carboxylic acids is 1. The maximum Gasteiger partial charge on any atom is 0.222 e. The SMILES string of the molecule is CCN(CC)c1cc(CCC(=O)N2CCN(C3CCCCC3)CC2)ccn1. The maximum absolute atomic E-state index is 12.7. The number of carbonyl (C=O) groups is 1. The van der Waals surface area contributed by atoms with Crippen molar-refractivity contribution in [2.75, 3.05) is 44.2 Å². The molecule has 2 heterocycles. The van der Waals surface area contributed by atoms with Crippen molar-refractivity contribution < 1.29 is 4.79 Å². The van der Waals surface area contributed by atoms with Crippen molar-refractivity contribution in [3.05, 3.63) is 23.9 Å². The third kappa shape index (κ3) is 5.44. The van der Waals surface area contributed by atoms with Crippen LogP contribution in [0.3, 0.4) is 0 Å². The minimum atomic E-state index is 0.305. The summed E-state index contributed by atoms with van der Waals surface area (Å²) in [4.78, 5) is 24.1. The van der Waals surface area contributed by atoms with Crippen LogP contribution in [0.15, 0.2) is 18.3 Å². The summed E-state index contributed by atoms with van der Waals surface area (Å²) in [6.07, 6.45) is 10.1. The van der Waals surface area contributed by atoms with Crippen molar-refractivity contribution in [3.8, 4) is 0 Å². The van der Waals surface area contributed by atoms with E-state index in [9.17, 15) is 4.79 Å². The van der Waals surface area contributed by atoms with Gasteiger partial charge in [-0.1, -0.05) is 19.3 Å². The molecular formula is C22H36N4O. The predicted molar refractivity (Wildman–Crippen MR) is 111 cm³/mol. The van der Waals surface area contributed by atoms with Crippen molar-refractivity contribution in [3.63, 3.8) is 0 Å². The van der Waals surface area contributed by atoms with Crippen molar-refractivity contribution in [2.45, 2.75) is 64.8 Å². The highest BCUT2D eigenvalue weighted by molar-refractivity contribution is 5.76. The van der Waals surface area contributed by atoms with E-state index < -0.39 is 0 Å². The zero-order chi connectivity index (χ0) is 19.1. The zero-order valence-electron chi connectivity index (χ0n) is 17.2. The maximum atomic E-state index is 12.7. The van der Waals surface area contributed by atoms with Gasteiger partial charge in [0.05, 0.1) is 0 Å². The van der Waals surface area contributed by atoms with Crippen LogP contribution >= 0.6 is 0 Å². The van der Waals surface area contributed by atoms with Crippen LogP contribution in [0.25, 0.3) is 0 Å². The molecule has 0 atom stereocenters. The van der Waals surface area contributed by atoms with Crippen molar-refractivity contribution in [1.82, 2.24) is 14.8 Å². The molecule has 5 heteroatoms. The molecule has 2 fully saturated rings. The fraction of sp³-hybridized carbons (Fsp3) is 0.727. The second kappa shape index (κ2) is 10.1. The van der Waals surface area contributed by atoms with Crippen LogP contribution in [-0.2, 0) is 11.2 Å². The lowest BCUT2D eigenvalue weighted by Crippen LogP contribution is -2.52. The predicted octanol–water partition coefficient (Wildman–Crippen LogP) is 3.34. The molecule has 1 saturated heterocycles. The molecule has 1 aromatic heterocycles. The first-order valence-electron chi connectivity index (χ1n) is 10.9. The van der Waals surface area contributed by atoms with Crippen LogP contribution < -0.4 is 4.90 Å². The molecule has 0 spiro atoms. The minimum Gasteiger partial charge on any atom is -0.357 e. The number of aromatic nitrogens is 1. The minimum absolute atomic E-state index is 0.305. The van der Waals surface area contributed by atoms with E-state index in [1.807, 2.05) is 12.3 Å². The molecule has 0 unspecified atom stereocenters. The smallest absolute Gasteiger partial charge is 0.222 e. The van der Waals surface area contributed by atoms with Gasteiger partial charge in [-0.3, -0.25) is 9.69 Å². The van der Waals surface area contributed by atoms with Gasteiger partial charge in [-0.05, 0) is 50.8 Å². The van der Waals surface area contributed by atoms with Gasteiger partial charge in [0.15, 0.2) is 0 Å². The number of anilines is 1. The first kappa shape index (κ1) is 20.1. The third-order valence-corrected chi connectivity index (χ3v) is 6.28. The van der Waals surface area contributed by atoms with E-state index in [-0.39, 0.29) is 0 Å². The summed E-state index contributed by atoms with van der Waals surface area (Å²) in [7, 11) is 0. The molecule has 0 N–H and O–H groups in total. The van der Waals surface area contributed by atoms with Gasteiger partial charge in [-0.25, -0.2) is 4.98 Å². The van der Waals surface area contributed by atoms with Gasteiger partial charge < -0.3 is 9.80 Å². The monoisotopic (exact) mass is 372 g/mol. The fourth-order valence-corrected chi connectivity index (χ4v) is 4.53. The van der Waals surface area contributed by atoms with E-state index in [0.717, 1.165) is 57.5 Å². The van der Waals surface area contributed by atoms with E-state index in [1.54, 1.807) is 0 Å². The van der Waals surface area contributed by atoms with E-state index in [0.29, 0.717) is 12.3 Å². The Balaban J connectivity index is 1.45. The van der Waals surface area contributed by atoms with Crippen LogP contribution in [0.1, 0.15) is 57.9 Å². The molecule has 150 valence electrons. The van der Waals surface area contributed by atoms with Crippen LogP contribution in [0.2, 0.25) is 0 Å².